The predicted molar refractivity (Wildman–Crippen MR) is 114 cm³/mol. The Morgan fingerprint density at radius 3 is 2.82 bits per heavy atom. The second kappa shape index (κ2) is 7.31. The van der Waals surface area contributed by atoms with Gasteiger partial charge in [-0.05, 0) is 5.56 Å². The van der Waals surface area contributed by atoms with E-state index in [0.717, 1.165) is 37.8 Å². The van der Waals surface area contributed by atoms with E-state index in [-0.39, 0.29) is 0 Å². The Hall–Kier alpha value is -2.81. The Morgan fingerprint density at radius 1 is 1.11 bits per heavy atom. The molecule has 0 radical (unpaired) electrons. The summed E-state index contributed by atoms with van der Waals surface area (Å²) in [5, 5.41) is 8.69. The number of ether oxygens (including phenoxy) is 1. The van der Waals surface area contributed by atoms with Crippen LogP contribution in [-0.4, -0.2) is 26.5 Å². The number of aromatic nitrogens is 4. The van der Waals surface area contributed by atoms with Gasteiger partial charge >= 0.3 is 0 Å². The summed E-state index contributed by atoms with van der Waals surface area (Å²) in [5.41, 5.74) is 3.27. The zero-order valence-electron chi connectivity index (χ0n) is 15.1. The number of nitrogens with one attached hydrogen (secondary N) is 1. The fourth-order valence-corrected chi connectivity index (χ4v) is 4.86. The minimum Gasteiger partial charge on any atom is -0.377 e. The Kier molecular flexibility index (Phi) is 4.52. The smallest absolute Gasteiger partial charge is 0.193 e. The van der Waals surface area contributed by atoms with Crippen molar-refractivity contribution >= 4 is 43.7 Å². The van der Waals surface area contributed by atoms with Crippen LogP contribution in [0.4, 0.5) is 5.82 Å². The Morgan fingerprint density at radius 2 is 2.00 bits per heavy atom. The standard InChI is InChI=1S/C20H17N5OS2/c1-26-11-16-23-18(21-9-14-10-25-7-8-27-20(25)22-14)17-15(12-28-19(17)24-16)13-5-3-2-4-6-13/h2-8,10,12H,9,11H2,1H3,(H,21,23,24). The molecule has 0 amide bonds. The van der Waals surface area contributed by atoms with Gasteiger partial charge in [0.15, 0.2) is 10.8 Å². The maximum atomic E-state index is 5.25. The molecule has 140 valence electrons. The number of thiophene rings is 1. The second-order valence-electron chi connectivity index (χ2n) is 6.30. The lowest BCUT2D eigenvalue weighted by Crippen LogP contribution is -2.06. The van der Waals surface area contributed by atoms with Crippen LogP contribution < -0.4 is 5.32 Å². The first-order valence-electron chi connectivity index (χ1n) is 8.79. The van der Waals surface area contributed by atoms with Crippen LogP contribution in [0.5, 0.6) is 0 Å². The molecule has 8 heteroatoms. The molecule has 0 spiro atoms. The predicted octanol–water partition coefficient (Wildman–Crippen LogP) is 4.83. The minimum atomic E-state index is 0.378. The third-order valence-electron chi connectivity index (χ3n) is 4.42. The number of rotatable bonds is 6. The van der Waals surface area contributed by atoms with Crippen LogP contribution in [0, 0.1) is 0 Å². The van der Waals surface area contributed by atoms with Crippen LogP contribution in [0.2, 0.25) is 0 Å². The van der Waals surface area contributed by atoms with Crippen molar-refractivity contribution < 1.29 is 4.74 Å². The molecular weight excluding hydrogens is 390 g/mol. The van der Waals surface area contributed by atoms with Crippen molar-refractivity contribution in [1.82, 2.24) is 19.4 Å². The third-order valence-corrected chi connectivity index (χ3v) is 6.06. The fraction of sp³-hybridized carbons (Fsp3) is 0.150. The molecule has 4 heterocycles. The van der Waals surface area contributed by atoms with Crippen LogP contribution >= 0.6 is 22.7 Å². The van der Waals surface area contributed by atoms with Crippen molar-refractivity contribution in [3.63, 3.8) is 0 Å². The zero-order chi connectivity index (χ0) is 18.9. The number of methoxy groups -OCH3 is 1. The molecule has 0 saturated carbocycles. The third kappa shape index (κ3) is 3.15. The highest BCUT2D eigenvalue weighted by atomic mass is 32.1. The molecule has 0 unspecified atom stereocenters. The van der Waals surface area contributed by atoms with Crippen molar-refractivity contribution in [2.24, 2.45) is 0 Å². The fourth-order valence-electron chi connectivity index (χ4n) is 3.17. The highest BCUT2D eigenvalue weighted by Gasteiger charge is 2.16. The molecule has 0 atom stereocenters. The summed E-state index contributed by atoms with van der Waals surface area (Å²) in [4.78, 5) is 16.0. The largest absolute Gasteiger partial charge is 0.377 e. The summed E-state index contributed by atoms with van der Waals surface area (Å²) in [6.07, 6.45) is 4.06. The van der Waals surface area contributed by atoms with Gasteiger partial charge in [-0.25, -0.2) is 15.0 Å². The summed E-state index contributed by atoms with van der Waals surface area (Å²) in [6.45, 7) is 0.973. The van der Waals surface area contributed by atoms with Gasteiger partial charge in [-0.2, -0.15) is 0 Å². The van der Waals surface area contributed by atoms with E-state index in [2.05, 4.69) is 32.8 Å². The summed E-state index contributed by atoms with van der Waals surface area (Å²) in [6, 6.07) is 10.3. The van der Waals surface area contributed by atoms with Gasteiger partial charge in [0.1, 0.15) is 17.3 Å². The first-order chi connectivity index (χ1) is 13.8. The van der Waals surface area contributed by atoms with Gasteiger partial charge in [0.25, 0.3) is 0 Å². The normalized spacial score (nSPS) is 11.5. The zero-order valence-corrected chi connectivity index (χ0v) is 16.8. The molecule has 1 aromatic carbocycles. The average molecular weight is 408 g/mol. The Balaban J connectivity index is 1.56. The maximum Gasteiger partial charge on any atom is 0.193 e. The van der Waals surface area contributed by atoms with Gasteiger partial charge in [0.05, 0.1) is 17.6 Å². The van der Waals surface area contributed by atoms with Gasteiger partial charge in [0.2, 0.25) is 0 Å². The lowest BCUT2D eigenvalue weighted by Gasteiger charge is -2.10. The van der Waals surface area contributed by atoms with Gasteiger partial charge in [-0.15, -0.1) is 22.7 Å². The Bertz CT molecular complexity index is 1210. The lowest BCUT2D eigenvalue weighted by molar-refractivity contribution is 0.178. The molecule has 0 bridgehead atoms. The summed E-state index contributed by atoms with van der Waals surface area (Å²) < 4.78 is 7.29. The molecule has 0 aliphatic rings. The first kappa shape index (κ1) is 17.3. The highest BCUT2D eigenvalue weighted by molar-refractivity contribution is 7.17. The van der Waals surface area contributed by atoms with Gasteiger partial charge in [0, 0.05) is 35.8 Å². The number of nitrogens with zero attached hydrogens (tertiary/aromatic N) is 4. The van der Waals surface area contributed by atoms with E-state index in [1.807, 2.05) is 40.4 Å². The van der Waals surface area contributed by atoms with E-state index in [0.29, 0.717) is 19.0 Å². The molecule has 6 nitrogen and oxygen atoms in total. The van der Waals surface area contributed by atoms with Crippen molar-refractivity contribution in [2.75, 3.05) is 12.4 Å². The van der Waals surface area contributed by atoms with Crippen molar-refractivity contribution in [1.29, 1.82) is 0 Å². The molecule has 4 aromatic heterocycles. The number of anilines is 1. The van der Waals surface area contributed by atoms with Crippen LogP contribution in [0.15, 0.2) is 53.5 Å². The molecule has 5 aromatic rings. The van der Waals surface area contributed by atoms with Crippen LogP contribution in [-0.2, 0) is 17.9 Å². The number of imidazole rings is 1. The Labute approximate surface area is 169 Å². The van der Waals surface area contributed by atoms with Crippen molar-refractivity contribution in [2.45, 2.75) is 13.2 Å². The summed E-state index contributed by atoms with van der Waals surface area (Å²) in [7, 11) is 1.66. The van der Waals surface area contributed by atoms with Crippen LogP contribution in [0.1, 0.15) is 11.5 Å². The number of hydrogen-bond donors (Lipinski definition) is 1. The molecule has 0 aliphatic heterocycles. The molecule has 1 N–H and O–H groups in total. The van der Waals surface area contributed by atoms with Crippen LogP contribution in [0.25, 0.3) is 26.3 Å². The van der Waals surface area contributed by atoms with Crippen molar-refractivity contribution in [3.8, 4) is 11.1 Å². The number of hydrogen-bond acceptors (Lipinski definition) is 7. The van der Waals surface area contributed by atoms with E-state index in [4.69, 9.17) is 9.72 Å². The molecule has 5 rings (SSSR count). The van der Waals surface area contributed by atoms with E-state index < -0.39 is 0 Å². The lowest BCUT2D eigenvalue weighted by atomic mass is 10.1. The van der Waals surface area contributed by atoms with Gasteiger partial charge in [-0.3, -0.25) is 4.40 Å². The van der Waals surface area contributed by atoms with E-state index >= 15 is 0 Å². The molecule has 0 saturated heterocycles. The molecule has 0 aliphatic carbocycles. The number of benzene rings is 1. The minimum absolute atomic E-state index is 0.378. The van der Waals surface area contributed by atoms with Crippen molar-refractivity contribution in [3.05, 3.63) is 65.0 Å². The summed E-state index contributed by atoms with van der Waals surface area (Å²) >= 11 is 3.25. The second-order valence-corrected chi connectivity index (χ2v) is 8.03. The van der Waals surface area contributed by atoms with E-state index in [1.165, 1.54) is 0 Å². The summed E-state index contributed by atoms with van der Waals surface area (Å²) in [5.74, 6) is 1.48. The molecule has 28 heavy (non-hydrogen) atoms. The molecule has 0 fully saturated rings. The first-order valence-corrected chi connectivity index (χ1v) is 10.5. The van der Waals surface area contributed by atoms with E-state index in [1.54, 1.807) is 29.8 Å². The van der Waals surface area contributed by atoms with Gasteiger partial charge in [-0.1, -0.05) is 30.3 Å². The van der Waals surface area contributed by atoms with E-state index in [9.17, 15) is 0 Å². The number of fused-ring (bicyclic) bond motifs is 2. The van der Waals surface area contributed by atoms with Crippen LogP contribution in [0.3, 0.4) is 0 Å². The monoisotopic (exact) mass is 407 g/mol. The molecular formula is C20H17N5OS2. The highest BCUT2D eigenvalue weighted by Crippen LogP contribution is 2.37. The topological polar surface area (TPSA) is 64.3 Å². The number of thiazole rings is 1. The SMILES string of the molecule is COCc1nc(NCc2cn3ccsc3n2)c2c(-c3ccccc3)csc2n1. The van der Waals surface area contributed by atoms with Gasteiger partial charge < -0.3 is 10.1 Å². The average Bonchev–Trinajstić information content (AvgIpc) is 3.41. The maximum absolute atomic E-state index is 5.25. The quantitative estimate of drug-likeness (QED) is 0.437.